The molecule has 0 N–H and O–H groups in total. The van der Waals surface area contributed by atoms with Crippen LogP contribution in [0.4, 0.5) is 0 Å². The van der Waals surface area contributed by atoms with Gasteiger partial charge in [0.15, 0.2) is 0 Å². The minimum absolute atomic E-state index is 0.109. The molecule has 0 aliphatic heterocycles. The molecule has 0 spiro atoms. The number of hydrogen-bond donors (Lipinski definition) is 0. The van der Waals surface area contributed by atoms with Gasteiger partial charge in [-0.3, -0.25) is 0 Å². The second-order valence-electron chi connectivity index (χ2n) is 4.91. The third-order valence-corrected chi connectivity index (χ3v) is 4.45. The zero-order valence-corrected chi connectivity index (χ0v) is 13.7. The van der Waals surface area contributed by atoms with E-state index in [1.807, 2.05) is 30.3 Å². The Balaban J connectivity index is 1.88. The van der Waals surface area contributed by atoms with Gasteiger partial charge in [0.05, 0.1) is 5.38 Å². The summed E-state index contributed by atoms with van der Waals surface area (Å²) < 4.78 is 1.09. The van der Waals surface area contributed by atoms with Crippen molar-refractivity contribution in [1.82, 2.24) is 0 Å². The van der Waals surface area contributed by atoms with Gasteiger partial charge in [0, 0.05) is 4.47 Å². The van der Waals surface area contributed by atoms with Crippen LogP contribution in [0.3, 0.4) is 0 Å². The molecule has 3 aromatic carbocycles. The van der Waals surface area contributed by atoms with Crippen molar-refractivity contribution >= 4 is 27.5 Å². The maximum Gasteiger partial charge on any atom is 0.0835 e. The van der Waals surface area contributed by atoms with Gasteiger partial charge in [-0.05, 0) is 34.4 Å². The average Bonchev–Trinajstić information content (AvgIpc) is 2.55. The Morgan fingerprint density at radius 3 is 2.00 bits per heavy atom. The highest BCUT2D eigenvalue weighted by molar-refractivity contribution is 9.10. The molecule has 3 aromatic rings. The fourth-order valence-electron chi connectivity index (χ4n) is 2.33. The molecule has 0 radical (unpaired) electrons. The number of rotatable bonds is 3. The van der Waals surface area contributed by atoms with E-state index in [4.69, 9.17) is 11.6 Å². The zero-order chi connectivity index (χ0) is 14.7. The third kappa shape index (κ3) is 3.37. The van der Waals surface area contributed by atoms with Crippen molar-refractivity contribution in [3.8, 4) is 11.1 Å². The number of halogens is 2. The lowest BCUT2D eigenvalue weighted by atomic mass is 10.00. The molecule has 1 atom stereocenters. The standard InChI is InChI=1S/C19H14BrCl/c20-18-8-4-7-17(13-18)14-9-11-16(12-10-14)19(21)15-5-2-1-3-6-15/h1-13,19H. The van der Waals surface area contributed by atoms with Crippen molar-refractivity contribution in [1.29, 1.82) is 0 Å². The van der Waals surface area contributed by atoms with Crippen LogP contribution in [0.2, 0.25) is 0 Å². The van der Waals surface area contributed by atoms with E-state index in [9.17, 15) is 0 Å². The molecular weight excluding hydrogens is 344 g/mol. The van der Waals surface area contributed by atoms with E-state index in [2.05, 4.69) is 64.5 Å². The fourth-order valence-corrected chi connectivity index (χ4v) is 3.02. The highest BCUT2D eigenvalue weighted by atomic mass is 79.9. The monoisotopic (exact) mass is 356 g/mol. The van der Waals surface area contributed by atoms with Crippen molar-refractivity contribution in [3.05, 3.63) is 94.5 Å². The van der Waals surface area contributed by atoms with Gasteiger partial charge in [0.25, 0.3) is 0 Å². The maximum absolute atomic E-state index is 6.55. The molecule has 2 heteroatoms. The summed E-state index contributed by atoms with van der Waals surface area (Å²) in [4.78, 5) is 0. The molecule has 0 aromatic heterocycles. The Kier molecular flexibility index (Phi) is 4.42. The molecule has 104 valence electrons. The summed E-state index contributed by atoms with van der Waals surface area (Å²) >= 11 is 10.1. The highest BCUT2D eigenvalue weighted by Gasteiger charge is 2.10. The van der Waals surface area contributed by atoms with Crippen LogP contribution in [0.15, 0.2) is 83.3 Å². The molecule has 3 rings (SSSR count). The molecule has 0 heterocycles. The minimum atomic E-state index is -0.109. The maximum atomic E-state index is 6.55. The lowest BCUT2D eigenvalue weighted by Crippen LogP contribution is -1.92. The van der Waals surface area contributed by atoms with Gasteiger partial charge in [-0.25, -0.2) is 0 Å². The third-order valence-electron chi connectivity index (χ3n) is 3.45. The number of alkyl halides is 1. The topological polar surface area (TPSA) is 0 Å². The Bertz CT molecular complexity index is 720. The van der Waals surface area contributed by atoms with Gasteiger partial charge in [-0.1, -0.05) is 82.7 Å². The summed E-state index contributed by atoms with van der Waals surface area (Å²) in [5.41, 5.74) is 4.62. The van der Waals surface area contributed by atoms with E-state index in [0.717, 1.165) is 15.6 Å². The summed E-state index contributed by atoms with van der Waals surface area (Å²) in [5, 5.41) is -0.109. The van der Waals surface area contributed by atoms with Crippen molar-refractivity contribution < 1.29 is 0 Å². The van der Waals surface area contributed by atoms with E-state index in [1.54, 1.807) is 0 Å². The first kappa shape index (κ1) is 14.4. The van der Waals surface area contributed by atoms with E-state index < -0.39 is 0 Å². The minimum Gasteiger partial charge on any atom is -0.113 e. The average molecular weight is 358 g/mol. The first-order valence-electron chi connectivity index (χ1n) is 6.79. The van der Waals surface area contributed by atoms with Crippen LogP contribution in [0.1, 0.15) is 16.5 Å². The second-order valence-corrected chi connectivity index (χ2v) is 6.26. The van der Waals surface area contributed by atoms with Crippen molar-refractivity contribution in [3.63, 3.8) is 0 Å². The molecule has 0 amide bonds. The van der Waals surface area contributed by atoms with Gasteiger partial charge >= 0.3 is 0 Å². The molecular formula is C19H14BrCl. The number of benzene rings is 3. The predicted octanol–water partition coefficient (Wildman–Crippen LogP) is 6.44. The molecule has 0 aliphatic carbocycles. The molecule has 0 saturated heterocycles. The quantitative estimate of drug-likeness (QED) is 0.473. The first-order valence-corrected chi connectivity index (χ1v) is 8.02. The van der Waals surface area contributed by atoms with Gasteiger partial charge in [-0.15, -0.1) is 11.6 Å². The molecule has 0 nitrogen and oxygen atoms in total. The van der Waals surface area contributed by atoms with Crippen molar-refractivity contribution in [2.75, 3.05) is 0 Å². The summed E-state index contributed by atoms with van der Waals surface area (Å²) in [5.74, 6) is 0. The summed E-state index contributed by atoms with van der Waals surface area (Å²) in [6, 6.07) is 26.9. The van der Waals surface area contributed by atoms with Gasteiger partial charge < -0.3 is 0 Å². The molecule has 1 unspecified atom stereocenters. The van der Waals surface area contributed by atoms with E-state index in [0.29, 0.717) is 0 Å². The molecule has 0 fully saturated rings. The normalized spacial score (nSPS) is 12.1. The Labute approximate surface area is 138 Å². The molecule has 0 aliphatic rings. The summed E-state index contributed by atoms with van der Waals surface area (Å²) in [6.07, 6.45) is 0. The molecule has 0 saturated carbocycles. The fraction of sp³-hybridized carbons (Fsp3) is 0.0526. The largest absolute Gasteiger partial charge is 0.113 e. The first-order chi connectivity index (χ1) is 10.2. The lowest BCUT2D eigenvalue weighted by Gasteiger charge is -2.11. The van der Waals surface area contributed by atoms with Crippen LogP contribution in [-0.4, -0.2) is 0 Å². The van der Waals surface area contributed by atoms with Gasteiger partial charge in [0.2, 0.25) is 0 Å². The Morgan fingerprint density at radius 2 is 1.33 bits per heavy atom. The van der Waals surface area contributed by atoms with E-state index in [-0.39, 0.29) is 5.38 Å². The van der Waals surface area contributed by atoms with E-state index in [1.165, 1.54) is 11.1 Å². The van der Waals surface area contributed by atoms with Gasteiger partial charge in [-0.2, -0.15) is 0 Å². The van der Waals surface area contributed by atoms with Crippen LogP contribution in [0, 0.1) is 0 Å². The van der Waals surface area contributed by atoms with Crippen LogP contribution < -0.4 is 0 Å². The molecule has 0 bridgehead atoms. The zero-order valence-electron chi connectivity index (χ0n) is 11.3. The van der Waals surface area contributed by atoms with Crippen molar-refractivity contribution in [2.24, 2.45) is 0 Å². The van der Waals surface area contributed by atoms with E-state index >= 15 is 0 Å². The SMILES string of the molecule is ClC(c1ccccc1)c1ccc(-c2cccc(Br)c2)cc1. The second kappa shape index (κ2) is 6.46. The van der Waals surface area contributed by atoms with Crippen LogP contribution in [0.5, 0.6) is 0 Å². The van der Waals surface area contributed by atoms with Crippen LogP contribution in [0.25, 0.3) is 11.1 Å². The smallest absolute Gasteiger partial charge is 0.0835 e. The lowest BCUT2D eigenvalue weighted by molar-refractivity contribution is 1.14. The predicted molar refractivity (Wildman–Crippen MR) is 93.7 cm³/mol. The van der Waals surface area contributed by atoms with Gasteiger partial charge in [0.1, 0.15) is 0 Å². The van der Waals surface area contributed by atoms with Crippen molar-refractivity contribution in [2.45, 2.75) is 5.38 Å². The van der Waals surface area contributed by atoms with Crippen LogP contribution in [-0.2, 0) is 0 Å². The highest BCUT2D eigenvalue weighted by Crippen LogP contribution is 2.30. The summed E-state index contributed by atoms with van der Waals surface area (Å²) in [7, 11) is 0. The van der Waals surface area contributed by atoms with Crippen LogP contribution >= 0.6 is 27.5 Å². The Morgan fingerprint density at radius 1 is 0.667 bits per heavy atom. The number of hydrogen-bond acceptors (Lipinski definition) is 0. The Hall–Kier alpha value is -1.57. The summed E-state index contributed by atoms with van der Waals surface area (Å²) in [6.45, 7) is 0. The molecule has 21 heavy (non-hydrogen) atoms.